The molecule has 3 rings (SSSR count). The van der Waals surface area contributed by atoms with Crippen LogP contribution < -0.4 is 14.8 Å². The average molecular weight is 407 g/mol. The molecule has 0 bridgehead atoms. The summed E-state index contributed by atoms with van der Waals surface area (Å²) in [4.78, 5) is 12.9. The molecule has 27 heavy (non-hydrogen) atoms. The second kappa shape index (κ2) is 8.33. The molecule has 0 aliphatic carbocycles. The van der Waals surface area contributed by atoms with Crippen molar-refractivity contribution < 1.29 is 17.9 Å². The summed E-state index contributed by atoms with van der Waals surface area (Å²) < 4.78 is 33.3. The van der Waals surface area contributed by atoms with Crippen molar-refractivity contribution in [3.05, 3.63) is 48.0 Å². The second-order valence-corrected chi connectivity index (χ2v) is 9.49. The Hall–Kier alpha value is -2.03. The van der Waals surface area contributed by atoms with Crippen molar-refractivity contribution in [3.8, 4) is 5.75 Å². The molecule has 0 saturated carbocycles. The van der Waals surface area contributed by atoms with Crippen LogP contribution in [-0.2, 0) is 21.4 Å². The van der Waals surface area contributed by atoms with Gasteiger partial charge in [0.25, 0.3) is 0 Å². The van der Waals surface area contributed by atoms with Crippen molar-refractivity contribution in [3.63, 3.8) is 0 Å². The maximum Gasteiger partial charge on any atom is 0.240 e. The predicted octanol–water partition coefficient (Wildman–Crippen LogP) is 3.39. The van der Waals surface area contributed by atoms with Crippen molar-refractivity contribution in [1.82, 2.24) is 4.72 Å². The zero-order valence-electron chi connectivity index (χ0n) is 15.2. The van der Waals surface area contributed by atoms with E-state index in [0.717, 1.165) is 16.2 Å². The van der Waals surface area contributed by atoms with Gasteiger partial charge in [0.05, 0.1) is 17.2 Å². The summed E-state index contributed by atoms with van der Waals surface area (Å²) >= 11 is 1.56. The van der Waals surface area contributed by atoms with Gasteiger partial charge in [0.1, 0.15) is 5.75 Å². The molecule has 2 N–H and O–H groups in total. The Morgan fingerprint density at radius 1 is 1.22 bits per heavy atom. The standard InChI is InChI=1S/C19H22N2O4S2/c1-3-25-15-6-4-14(5-7-15)12-20-27(23,24)16-8-9-18-17(11-16)21-19(22)10-13(2)26-18/h4-9,11,13,20H,3,10,12H2,1-2H3,(H,21,22)/t13-/m0/s1. The minimum Gasteiger partial charge on any atom is -0.494 e. The first kappa shape index (κ1) is 19.7. The van der Waals surface area contributed by atoms with Crippen LogP contribution in [0, 0.1) is 0 Å². The Morgan fingerprint density at radius 3 is 2.67 bits per heavy atom. The van der Waals surface area contributed by atoms with Gasteiger partial charge in [0.2, 0.25) is 15.9 Å². The second-order valence-electron chi connectivity index (χ2n) is 6.24. The molecular formula is C19H22N2O4S2. The minimum atomic E-state index is -3.70. The van der Waals surface area contributed by atoms with E-state index in [-0.39, 0.29) is 22.6 Å². The van der Waals surface area contributed by atoms with Crippen LogP contribution in [0.25, 0.3) is 0 Å². The molecule has 1 atom stereocenters. The maximum absolute atomic E-state index is 12.6. The lowest BCUT2D eigenvalue weighted by molar-refractivity contribution is -0.116. The van der Waals surface area contributed by atoms with Gasteiger partial charge in [-0.15, -0.1) is 11.8 Å². The van der Waals surface area contributed by atoms with Crippen LogP contribution in [0.5, 0.6) is 5.75 Å². The van der Waals surface area contributed by atoms with Crippen LogP contribution in [0.3, 0.4) is 0 Å². The van der Waals surface area contributed by atoms with E-state index >= 15 is 0 Å². The van der Waals surface area contributed by atoms with Crippen molar-refractivity contribution in [2.45, 2.75) is 41.9 Å². The number of ether oxygens (including phenoxy) is 1. The summed E-state index contributed by atoms with van der Waals surface area (Å²) in [6, 6.07) is 12.1. The lowest BCUT2D eigenvalue weighted by Crippen LogP contribution is -2.23. The zero-order chi connectivity index (χ0) is 19.4. The van der Waals surface area contributed by atoms with E-state index in [9.17, 15) is 13.2 Å². The molecule has 1 aliphatic heterocycles. The molecule has 2 aromatic carbocycles. The lowest BCUT2D eigenvalue weighted by Gasteiger charge is -2.11. The summed E-state index contributed by atoms with van der Waals surface area (Å²) in [6.45, 7) is 4.63. The molecular weight excluding hydrogens is 384 g/mol. The first-order valence-electron chi connectivity index (χ1n) is 8.69. The summed E-state index contributed by atoms with van der Waals surface area (Å²) in [7, 11) is -3.70. The molecule has 0 fully saturated rings. The smallest absolute Gasteiger partial charge is 0.240 e. The normalized spacial score (nSPS) is 17.0. The summed E-state index contributed by atoms with van der Waals surface area (Å²) in [5.41, 5.74) is 1.37. The molecule has 0 spiro atoms. The lowest BCUT2D eigenvalue weighted by atomic mass is 10.2. The van der Waals surface area contributed by atoms with Crippen molar-refractivity contribution in [2.75, 3.05) is 11.9 Å². The molecule has 8 heteroatoms. The van der Waals surface area contributed by atoms with Crippen molar-refractivity contribution >= 4 is 33.4 Å². The Bertz CT molecular complexity index is 927. The van der Waals surface area contributed by atoms with Gasteiger partial charge < -0.3 is 10.1 Å². The molecule has 1 amide bonds. The van der Waals surface area contributed by atoms with Gasteiger partial charge in [0.15, 0.2) is 0 Å². The predicted molar refractivity (Wildman–Crippen MR) is 107 cm³/mol. The Morgan fingerprint density at radius 2 is 1.96 bits per heavy atom. The highest BCUT2D eigenvalue weighted by molar-refractivity contribution is 8.00. The molecule has 2 aromatic rings. The third kappa shape index (κ3) is 5.03. The third-order valence-electron chi connectivity index (χ3n) is 4.04. The van der Waals surface area contributed by atoms with Crippen LogP contribution in [0.1, 0.15) is 25.8 Å². The van der Waals surface area contributed by atoms with Gasteiger partial charge in [-0.05, 0) is 42.8 Å². The highest BCUT2D eigenvalue weighted by Crippen LogP contribution is 2.36. The van der Waals surface area contributed by atoms with Gasteiger partial charge in [-0.3, -0.25) is 4.79 Å². The number of amides is 1. The first-order chi connectivity index (χ1) is 12.9. The number of hydrogen-bond donors (Lipinski definition) is 2. The van der Waals surface area contributed by atoms with Gasteiger partial charge in [-0.25, -0.2) is 13.1 Å². The quantitative estimate of drug-likeness (QED) is 0.768. The molecule has 1 aliphatic rings. The van der Waals surface area contributed by atoms with E-state index in [2.05, 4.69) is 10.0 Å². The third-order valence-corrected chi connectivity index (χ3v) is 6.61. The monoisotopic (exact) mass is 406 g/mol. The summed E-state index contributed by atoms with van der Waals surface area (Å²) in [5, 5.41) is 2.94. The summed E-state index contributed by atoms with van der Waals surface area (Å²) in [5.74, 6) is 0.642. The van der Waals surface area contributed by atoms with Crippen molar-refractivity contribution in [2.24, 2.45) is 0 Å². The van der Waals surface area contributed by atoms with E-state index in [4.69, 9.17) is 4.74 Å². The minimum absolute atomic E-state index is 0.106. The Kier molecular flexibility index (Phi) is 6.08. The number of benzene rings is 2. The van der Waals surface area contributed by atoms with Crippen LogP contribution in [0.4, 0.5) is 5.69 Å². The zero-order valence-corrected chi connectivity index (χ0v) is 16.8. The van der Waals surface area contributed by atoms with Gasteiger partial charge in [-0.2, -0.15) is 0 Å². The number of carbonyl (C=O) groups excluding carboxylic acids is 1. The molecule has 0 saturated heterocycles. The molecule has 0 radical (unpaired) electrons. The number of hydrogen-bond acceptors (Lipinski definition) is 5. The van der Waals surface area contributed by atoms with Crippen LogP contribution >= 0.6 is 11.8 Å². The van der Waals surface area contributed by atoms with Gasteiger partial charge in [0, 0.05) is 23.1 Å². The molecule has 0 aromatic heterocycles. The van der Waals surface area contributed by atoms with E-state index in [1.54, 1.807) is 23.9 Å². The van der Waals surface area contributed by atoms with Crippen LogP contribution in [0.2, 0.25) is 0 Å². The summed E-state index contributed by atoms with van der Waals surface area (Å²) in [6.07, 6.45) is 0.400. The number of nitrogens with one attached hydrogen (secondary N) is 2. The fraction of sp³-hybridized carbons (Fsp3) is 0.316. The molecule has 1 heterocycles. The Labute approximate surface area is 163 Å². The molecule has 0 unspecified atom stereocenters. The number of rotatable bonds is 6. The Balaban J connectivity index is 1.74. The molecule has 6 nitrogen and oxygen atoms in total. The van der Waals surface area contributed by atoms with E-state index in [0.29, 0.717) is 18.7 Å². The topological polar surface area (TPSA) is 84.5 Å². The van der Waals surface area contributed by atoms with E-state index in [1.165, 1.54) is 6.07 Å². The highest BCUT2D eigenvalue weighted by Gasteiger charge is 2.22. The fourth-order valence-corrected chi connectivity index (χ4v) is 4.82. The van der Waals surface area contributed by atoms with E-state index in [1.807, 2.05) is 38.1 Å². The average Bonchev–Trinajstić information content (AvgIpc) is 2.77. The van der Waals surface area contributed by atoms with Crippen molar-refractivity contribution in [1.29, 1.82) is 0 Å². The van der Waals surface area contributed by atoms with Crippen LogP contribution in [-0.4, -0.2) is 26.2 Å². The van der Waals surface area contributed by atoms with Crippen LogP contribution in [0.15, 0.2) is 52.3 Å². The van der Waals surface area contributed by atoms with Gasteiger partial charge in [-0.1, -0.05) is 19.1 Å². The number of fused-ring (bicyclic) bond motifs is 1. The number of sulfonamides is 1. The number of thioether (sulfide) groups is 1. The fourth-order valence-electron chi connectivity index (χ4n) is 2.73. The maximum atomic E-state index is 12.6. The van der Waals surface area contributed by atoms with Gasteiger partial charge >= 0.3 is 0 Å². The van der Waals surface area contributed by atoms with E-state index < -0.39 is 10.0 Å². The largest absolute Gasteiger partial charge is 0.494 e. The SMILES string of the molecule is CCOc1ccc(CNS(=O)(=O)c2ccc3c(c2)NC(=O)C[C@H](C)S3)cc1. The number of carbonyl (C=O) groups is 1. The first-order valence-corrected chi connectivity index (χ1v) is 11.1. The molecule has 144 valence electrons. The highest BCUT2D eigenvalue weighted by atomic mass is 32.2. The number of anilines is 1.